The Balaban J connectivity index is 2.09. The fourth-order valence-corrected chi connectivity index (χ4v) is 2.06. The zero-order valence-corrected chi connectivity index (χ0v) is 11.8. The molecule has 0 radical (unpaired) electrons. The number of halogens is 1. The molecular weight excluding hydrogens is 293 g/mol. The first-order valence-corrected chi connectivity index (χ1v) is 6.53. The molecule has 0 bridgehead atoms. The zero-order chi connectivity index (χ0) is 16.1. The Kier molecular flexibility index (Phi) is 4.80. The van der Waals surface area contributed by atoms with Crippen molar-refractivity contribution in [3.63, 3.8) is 0 Å². The fourth-order valence-electron chi connectivity index (χ4n) is 2.06. The Morgan fingerprint density at radius 3 is 3.05 bits per heavy atom. The molecule has 1 aliphatic rings. The summed E-state index contributed by atoms with van der Waals surface area (Å²) in [6.07, 6.45) is -1.20. The quantitative estimate of drug-likeness (QED) is 0.511. The fraction of sp³-hybridized carbons (Fsp3) is 0.385. The number of anilines is 1. The Morgan fingerprint density at radius 2 is 2.41 bits per heavy atom. The molecule has 2 rings (SSSR count). The van der Waals surface area contributed by atoms with Crippen molar-refractivity contribution in [2.24, 2.45) is 5.11 Å². The lowest BCUT2D eigenvalue weighted by Crippen LogP contribution is -2.33. The molecule has 22 heavy (non-hydrogen) atoms. The third-order valence-corrected chi connectivity index (χ3v) is 3.07. The third kappa shape index (κ3) is 3.64. The standard InChI is InChI=1S/C13H14FN5O3/c1-8(20)16-6-10-7-19(13(21)22-10)12-3-2-9(4-11(12)14)5-17-18-15/h2-4,10H,5-7H2,1H3,(H,16,20)/t10-/m0/s1. The molecule has 0 saturated carbocycles. The summed E-state index contributed by atoms with van der Waals surface area (Å²) < 4.78 is 19.2. The Morgan fingerprint density at radius 1 is 1.64 bits per heavy atom. The number of rotatable bonds is 5. The van der Waals surface area contributed by atoms with Crippen LogP contribution in [0.3, 0.4) is 0 Å². The van der Waals surface area contributed by atoms with Crippen LogP contribution in [-0.2, 0) is 16.1 Å². The van der Waals surface area contributed by atoms with Crippen LogP contribution in [0.4, 0.5) is 14.9 Å². The zero-order valence-electron chi connectivity index (χ0n) is 11.8. The maximum atomic E-state index is 14.1. The van der Waals surface area contributed by atoms with E-state index in [4.69, 9.17) is 10.3 Å². The van der Waals surface area contributed by atoms with Gasteiger partial charge in [-0.3, -0.25) is 9.69 Å². The second kappa shape index (κ2) is 6.77. The van der Waals surface area contributed by atoms with Crippen molar-refractivity contribution in [1.29, 1.82) is 0 Å². The largest absolute Gasteiger partial charge is 0.442 e. The van der Waals surface area contributed by atoms with Crippen molar-refractivity contribution in [3.8, 4) is 0 Å². The smallest absolute Gasteiger partial charge is 0.414 e. The minimum Gasteiger partial charge on any atom is -0.442 e. The molecule has 1 aromatic carbocycles. The molecule has 0 unspecified atom stereocenters. The van der Waals surface area contributed by atoms with Gasteiger partial charge in [0.1, 0.15) is 11.9 Å². The number of ether oxygens (including phenoxy) is 1. The van der Waals surface area contributed by atoms with Crippen molar-refractivity contribution in [1.82, 2.24) is 5.32 Å². The van der Waals surface area contributed by atoms with Crippen LogP contribution in [0.15, 0.2) is 23.3 Å². The number of cyclic esters (lactones) is 1. The Hall–Kier alpha value is -2.80. The molecule has 1 saturated heterocycles. The van der Waals surface area contributed by atoms with Gasteiger partial charge >= 0.3 is 6.09 Å². The van der Waals surface area contributed by atoms with Crippen LogP contribution in [0.1, 0.15) is 12.5 Å². The molecule has 0 aliphatic carbocycles. The second-order valence-electron chi connectivity index (χ2n) is 4.73. The summed E-state index contributed by atoms with van der Waals surface area (Å²) in [6.45, 7) is 1.71. The lowest BCUT2D eigenvalue weighted by Gasteiger charge is -2.14. The topological polar surface area (TPSA) is 107 Å². The van der Waals surface area contributed by atoms with Gasteiger partial charge in [-0.2, -0.15) is 0 Å². The van der Waals surface area contributed by atoms with E-state index in [1.165, 1.54) is 24.0 Å². The molecule has 116 valence electrons. The van der Waals surface area contributed by atoms with Gasteiger partial charge in [0, 0.05) is 11.8 Å². The van der Waals surface area contributed by atoms with Crippen molar-refractivity contribution in [2.75, 3.05) is 18.0 Å². The molecule has 0 aromatic heterocycles. The van der Waals surface area contributed by atoms with Gasteiger partial charge in [0.2, 0.25) is 5.91 Å². The van der Waals surface area contributed by atoms with E-state index in [1.807, 2.05) is 0 Å². The van der Waals surface area contributed by atoms with Crippen LogP contribution in [0, 0.1) is 5.82 Å². The molecule has 1 N–H and O–H groups in total. The van der Waals surface area contributed by atoms with Crippen LogP contribution in [0.25, 0.3) is 10.4 Å². The van der Waals surface area contributed by atoms with Crippen LogP contribution in [-0.4, -0.2) is 31.2 Å². The molecule has 2 amide bonds. The molecule has 1 aromatic rings. The van der Waals surface area contributed by atoms with Crippen molar-refractivity contribution in [2.45, 2.75) is 19.6 Å². The van der Waals surface area contributed by atoms with Crippen LogP contribution in [0.5, 0.6) is 0 Å². The molecule has 1 atom stereocenters. The van der Waals surface area contributed by atoms with Crippen LogP contribution in [0.2, 0.25) is 0 Å². The first-order valence-electron chi connectivity index (χ1n) is 6.53. The number of amides is 2. The SMILES string of the molecule is CC(=O)NC[C@H]1CN(c2ccc(CN=[N+]=[N-])cc2F)C(=O)O1. The lowest BCUT2D eigenvalue weighted by atomic mass is 10.2. The average Bonchev–Trinajstić information content (AvgIpc) is 2.84. The van der Waals surface area contributed by atoms with Gasteiger partial charge in [-0.05, 0) is 23.2 Å². The second-order valence-corrected chi connectivity index (χ2v) is 4.73. The lowest BCUT2D eigenvalue weighted by molar-refractivity contribution is -0.119. The maximum absolute atomic E-state index is 14.1. The van der Waals surface area contributed by atoms with Gasteiger partial charge < -0.3 is 10.1 Å². The van der Waals surface area contributed by atoms with Gasteiger partial charge in [-0.25, -0.2) is 9.18 Å². The highest BCUT2D eigenvalue weighted by atomic mass is 19.1. The number of azide groups is 1. The number of benzene rings is 1. The van der Waals surface area contributed by atoms with Gasteiger partial charge in [-0.15, -0.1) is 0 Å². The number of hydrogen-bond donors (Lipinski definition) is 1. The van der Waals surface area contributed by atoms with E-state index in [9.17, 15) is 14.0 Å². The highest BCUT2D eigenvalue weighted by molar-refractivity contribution is 5.90. The predicted molar refractivity (Wildman–Crippen MR) is 75.5 cm³/mol. The summed E-state index contributed by atoms with van der Waals surface area (Å²) >= 11 is 0. The molecule has 9 heteroatoms. The van der Waals surface area contributed by atoms with Crippen LogP contribution >= 0.6 is 0 Å². The van der Waals surface area contributed by atoms with Crippen molar-refractivity contribution in [3.05, 3.63) is 40.0 Å². The number of carbonyl (C=O) groups excluding carboxylic acids is 2. The maximum Gasteiger partial charge on any atom is 0.414 e. The van der Waals surface area contributed by atoms with E-state index in [1.54, 1.807) is 6.07 Å². The first-order chi connectivity index (χ1) is 10.5. The average molecular weight is 307 g/mol. The van der Waals surface area contributed by atoms with Crippen molar-refractivity contribution >= 4 is 17.7 Å². The highest BCUT2D eigenvalue weighted by Gasteiger charge is 2.33. The van der Waals surface area contributed by atoms with Gasteiger partial charge in [0.15, 0.2) is 0 Å². The molecule has 1 fully saturated rings. The molecule has 0 spiro atoms. The third-order valence-electron chi connectivity index (χ3n) is 3.07. The number of hydrogen-bond acceptors (Lipinski definition) is 4. The Bertz CT molecular complexity index is 645. The van der Waals surface area contributed by atoms with E-state index >= 15 is 0 Å². The van der Waals surface area contributed by atoms with E-state index in [0.717, 1.165) is 0 Å². The highest BCUT2D eigenvalue weighted by Crippen LogP contribution is 2.25. The Labute approximate surface area is 125 Å². The molecule has 1 heterocycles. The van der Waals surface area contributed by atoms with E-state index in [2.05, 4.69) is 15.3 Å². The number of carbonyl (C=O) groups is 2. The monoisotopic (exact) mass is 307 g/mol. The van der Waals surface area contributed by atoms with Gasteiger partial charge in [0.05, 0.1) is 25.3 Å². The normalized spacial score (nSPS) is 16.9. The number of nitrogens with one attached hydrogen (secondary N) is 1. The number of nitrogens with zero attached hydrogens (tertiary/aromatic N) is 4. The van der Waals surface area contributed by atoms with Gasteiger partial charge in [-0.1, -0.05) is 11.2 Å². The molecule has 8 nitrogen and oxygen atoms in total. The molecule has 1 aliphatic heterocycles. The van der Waals surface area contributed by atoms with Gasteiger partial charge in [0.25, 0.3) is 0 Å². The molecular formula is C13H14FN5O3. The predicted octanol–water partition coefficient (Wildman–Crippen LogP) is 2.10. The summed E-state index contributed by atoms with van der Waals surface area (Å²) in [4.78, 5) is 26.4. The van der Waals surface area contributed by atoms with Crippen LogP contribution < -0.4 is 10.2 Å². The summed E-state index contributed by atoms with van der Waals surface area (Å²) in [6, 6.07) is 4.21. The first kappa shape index (κ1) is 15.6. The van der Waals surface area contributed by atoms with E-state index in [0.29, 0.717) is 5.56 Å². The minimum absolute atomic E-state index is 0.0311. The minimum atomic E-state index is -0.669. The van der Waals surface area contributed by atoms with Crippen molar-refractivity contribution < 1.29 is 18.7 Å². The summed E-state index contributed by atoms with van der Waals surface area (Å²) in [5.41, 5.74) is 8.83. The van der Waals surface area contributed by atoms with E-state index in [-0.39, 0.29) is 31.2 Å². The summed E-state index contributed by atoms with van der Waals surface area (Å²) in [5, 5.41) is 5.89. The summed E-state index contributed by atoms with van der Waals surface area (Å²) in [5.74, 6) is -0.842. The van der Waals surface area contributed by atoms with E-state index < -0.39 is 18.0 Å². The summed E-state index contributed by atoms with van der Waals surface area (Å²) in [7, 11) is 0.